The summed E-state index contributed by atoms with van der Waals surface area (Å²) in [6, 6.07) is 16.6. The molecule has 10 heteroatoms. The molecule has 1 aromatic heterocycles. The van der Waals surface area contributed by atoms with Gasteiger partial charge in [0.25, 0.3) is 5.91 Å². The van der Waals surface area contributed by atoms with Gasteiger partial charge in [-0.25, -0.2) is 9.97 Å². The van der Waals surface area contributed by atoms with Gasteiger partial charge in [0.15, 0.2) is 11.5 Å². The first kappa shape index (κ1) is 30.5. The van der Waals surface area contributed by atoms with Crippen molar-refractivity contribution in [1.82, 2.24) is 15.3 Å². The third kappa shape index (κ3) is 8.31. The Balaban J connectivity index is 1.54. The summed E-state index contributed by atoms with van der Waals surface area (Å²) < 4.78 is 28.2. The van der Waals surface area contributed by atoms with E-state index in [0.717, 1.165) is 16.6 Å². The Kier molecular flexibility index (Phi) is 10.2. The predicted molar refractivity (Wildman–Crippen MR) is 162 cm³/mol. The molecule has 4 rings (SSSR count). The second-order valence-corrected chi connectivity index (χ2v) is 10.7. The zero-order chi connectivity index (χ0) is 30.1. The smallest absolute Gasteiger partial charge is 0.251 e. The van der Waals surface area contributed by atoms with E-state index in [1.54, 1.807) is 32.4 Å². The van der Waals surface area contributed by atoms with E-state index in [-0.39, 0.29) is 11.4 Å². The molecular formula is C32H38N4O6. The lowest BCUT2D eigenvalue weighted by molar-refractivity contribution is 0.0919. The normalized spacial score (nSPS) is 11.3. The zero-order valence-electron chi connectivity index (χ0n) is 24.9. The molecule has 0 bridgehead atoms. The number of hydrogen-bond donors (Lipinski definition) is 2. The van der Waals surface area contributed by atoms with Gasteiger partial charge in [-0.15, -0.1) is 0 Å². The lowest BCUT2D eigenvalue weighted by Gasteiger charge is -2.20. The van der Waals surface area contributed by atoms with Crippen LogP contribution in [0.2, 0.25) is 0 Å². The molecule has 2 N–H and O–H groups in total. The van der Waals surface area contributed by atoms with Gasteiger partial charge in [0, 0.05) is 42.5 Å². The molecule has 222 valence electrons. The van der Waals surface area contributed by atoms with Gasteiger partial charge in [0.1, 0.15) is 36.9 Å². The SMILES string of the molecule is COCCOc1cc2ncnc(Nc3ccc(Oc4cccc(C(=O)NC(C)(C)C)c4)c(C)c3)c2cc1OCCOC. The van der Waals surface area contributed by atoms with Crippen LogP contribution in [0, 0.1) is 6.92 Å². The second kappa shape index (κ2) is 14.0. The number of carbonyl (C=O) groups is 1. The standard InChI is InChI=1S/C32H38N4O6/c1-21-16-23(10-11-27(21)42-24-9-7-8-22(17-24)31(37)36-32(2,3)4)35-30-25-18-28(40-14-12-38-5)29(41-15-13-39-6)19-26(25)33-20-34-30/h7-11,16-20H,12-15H2,1-6H3,(H,36,37)(H,33,34,35). The average Bonchev–Trinajstić information content (AvgIpc) is 2.94. The molecule has 10 nitrogen and oxygen atoms in total. The highest BCUT2D eigenvalue weighted by Crippen LogP contribution is 2.36. The fourth-order valence-electron chi connectivity index (χ4n) is 4.08. The van der Waals surface area contributed by atoms with E-state index < -0.39 is 0 Å². The summed E-state index contributed by atoms with van der Waals surface area (Å²) in [5, 5.41) is 7.13. The first-order valence-corrected chi connectivity index (χ1v) is 13.7. The fourth-order valence-corrected chi connectivity index (χ4v) is 4.08. The minimum absolute atomic E-state index is 0.151. The van der Waals surface area contributed by atoms with Gasteiger partial charge in [-0.1, -0.05) is 6.07 Å². The molecule has 0 aliphatic rings. The van der Waals surface area contributed by atoms with Crippen LogP contribution in [0.15, 0.2) is 60.9 Å². The Morgan fingerprint density at radius 3 is 2.21 bits per heavy atom. The summed E-state index contributed by atoms with van der Waals surface area (Å²) in [4.78, 5) is 21.5. The number of hydrogen-bond acceptors (Lipinski definition) is 9. The zero-order valence-corrected chi connectivity index (χ0v) is 24.9. The van der Waals surface area contributed by atoms with Crippen molar-refractivity contribution >= 4 is 28.3 Å². The van der Waals surface area contributed by atoms with Gasteiger partial charge < -0.3 is 34.3 Å². The van der Waals surface area contributed by atoms with Gasteiger partial charge in [0.05, 0.1) is 18.7 Å². The van der Waals surface area contributed by atoms with Gasteiger partial charge in [-0.3, -0.25) is 4.79 Å². The molecule has 3 aromatic carbocycles. The molecule has 0 atom stereocenters. The summed E-state index contributed by atoms with van der Waals surface area (Å²) in [7, 11) is 3.25. The number of ether oxygens (including phenoxy) is 5. The molecule has 1 heterocycles. The highest BCUT2D eigenvalue weighted by Gasteiger charge is 2.16. The van der Waals surface area contributed by atoms with Crippen molar-refractivity contribution < 1.29 is 28.5 Å². The molecule has 1 amide bonds. The summed E-state index contributed by atoms with van der Waals surface area (Å²) >= 11 is 0. The van der Waals surface area contributed by atoms with Gasteiger partial charge in [0.2, 0.25) is 0 Å². The van der Waals surface area contributed by atoms with Gasteiger partial charge >= 0.3 is 0 Å². The maximum Gasteiger partial charge on any atom is 0.251 e. The predicted octanol–water partition coefficient (Wildman–Crippen LogP) is 6.05. The molecule has 0 fully saturated rings. The summed E-state index contributed by atoms with van der Waals surface area (Å²) in [5.74, 6) is 2.84. The van der Waals surface area contributed by atoms with Gasteiger partial charge in [-0.2, -0.15) is 0 Å². The molecule has 0 radical (unpaired) electrons. The first-order valence-electron chi connectivity index (χ1n) is 13.7. The number of fused-ring (bicyclic) bond motifs is 1. The van der Waals surface area contributed by atoms with Crippen molar-refractivity contribution in [2.75, 3.05) is 46.0 Å². The number of amides is 1. The quantitative estimate of drug-likeness (QED) is 0.184. The largest absolute Gasteiger partial charge is 0.487 e. The van der Waals surface area contributed by atoms with E-state index in [1.165, 1.54) is 6.33 Å². The number of nitrogens with zero attached hydrogens (tertiary/aromatic N) is 2. The number of rotatable bonds is 13. The number of anilines is 2. The highest BCUT2D eigenvalue weighted by molar-refractivity contribution is 5.95. The van der Waals surface area contributed by atoms with Gasteiger partial charge in [-0.05, 0) is 75.7 Å². The lowest BCUT2D eigenvalue weighted by Crippen LogP contribution is -2.40. The Labute approximate surface area is 246 Å². The third-order valence-electron chi connectivity index (χ3n) is 6.04. The van der Waals surface area contributed by atoms with Crippen LogP contribution in [-0.2, 0) is 9.47 Å². The molecular weight excluding hydrogens is 536 g/mol. The third-order valence-corrected chi connectivity index (χ3v) is 6.04. The maximum atomic E-state index is 12.6. The molecule has 0 saturated heterocycles. The van der Waals surface area contributed by atoms with E-state index in [2.05, 4.69) is 20.6 Å². The van der Waals surface area contributed by atoms with Crippen LogP contribution in [0.3, 0.4) is 0 Å². The van der Waals surface area contributed by atoms with Crippen LogP contribution < -0.4 is 24.8 Å². The molecule has 0 aliphatic carbocycles. The van der Waals surface area contributed by atoms with Crippen molar-refractivity contribution in [3.05, 3.63) is 72.1 Å². The maximum absolute atomic E-state index is 12.6. The topological polar surface area (TPSA) is 113 Å². The summed E-state index contributed by atoms with van der Waals surface area (Å²) in [5.41, 5.74) is 2.62. The fraction of sp³-hybridized carbons (Fsp3) is 0.344. The van der Waals surface area contributed by atoms with E-state index in [0.29, 0.717) is 66.3 Å². The lowest BCUT2D eigenvalue weighted by atomic mass is 10.1. The molecule has 0 aliphatic heterocycles. The van der Waals surface area contributed by atoms with Crippen LogP contribution in [0.1, 0.15) is 36.7 Å². The van der Waals surface area contributed by atoms with Crippen molar-refractivity contribution in [2.45, 2.75) is 33.2 Å². The van der Waals surface area contributed by atoms with Crippen molar-refractivity contribution in [3.63, 3.8) is 0 Å². The van der Waals surface area contributed by atoms with Crippen molar-refractivity contribution in [1.29, 1.82) is 0 Å². The number of benzene rings is 3. The number of aryl methyl sites for hydroxylation is 1. The van der Waals surface area contributed by atoms with Crippen molar-refractivity contribution in [2.24, 2.45) is 0 Å². The minimum Gasteiger partial charge on any atom is -0.487 e. The molecule has 4 aromatic rings. The Bertz CT molecular complexity index is 1520. The second-order valence-electron chi connectivity index (χ2n) is 10.7. The van der Waals surface area contributed by atoms with Crippen LogP contribution >= 0.6 is 0 Å². The molecule has 42 heavy (non-hydrogen) atoms. The monoisotopic (exact) mass is 574 g/mol. The van der Waals surface area contributed by atoms with Crippen LogP contribution in [0.4, 0.5) is 11.5 Å². The Hall–Kier alpha value is -4.41. The van der Waals surface area contributed by atoms with Crippen LogP contribution in [0.25, 0.3) is 10.9 Å². The van der Waals surface area contributed by atoms with Crippen molar-refractivity contribution in [3.8, 4) is 23.0 Å². The van der Waals surface area contributed by atoms with Crippen LogP contribution in [0.5, 0.6) is 23.0 Å². The Morgan fingerprint density at radius 1 is 0.833 bits per heavy atom. The first-order chi connectivity index (χ1) is 20.2. The van der Waals surface area contributed by atoms with E-state index in [9.17, 15) is 4.79 Å². The summed E-state index contributed by atoms with van der Waals surface area (Å²) in [6.45, 7) is 9.42. The molecule has 0 saturated carbocycles. The minimum atomic E-state index is -0.332. The van der Waals surface area contributed by atoms with E-state index in [1.807, 2.05) is 64.1 Å². The molecule has 0 unspecified atom stereocenters. The van der Waals surface area contributed by atoms with E-state index in [4.69, 9.17) is 23.7 Å². The number of nitrogens with one attached hydrogen (secondary N) is 2. The molecule has 0 spiro atoms. The number of aromatic nitrogens is 2. The highest BCUT2D eigenvalue weighted by atomic mass is 16.5. The number of methoxy groups -OCH3 is 2. The van der Waals surface area contributed by atoms with Crippen LogP contribution in [-0.4, -0.2) is 62.1 Å². The Morgan fingerprint density at radius 2 is 1.55 bits per heavy atom. The van der Waals surface area contributed by atoms with E-state index >= 15 is 0 Å². The average molecular weight is 575 g/mol. The number of carbonyl (C=O) groups excluding carboxylic acids is 1. The summed E-state index contributed by atoms with van der Waals surface area (Å²) in [6.07, 6.45) is 1.50.